The average Bonchev–Trinajstić information content (AvgIpc) is 2.79. The van der Waals surface area contributed by atoms with Gasteiger partial charge in [-0.25, -0.2) is 4.79 Å². The highest BCUT2D eigenvalue weighted by atomic mass is 16.6. The fourth-order valence-corrected chi connectivity index (χ4v) is 2.98. The number of nitro benzene ring substituents is 1. The van der Waals surface area contributed by atoms with Crippen LogP contribution in [-0.4, -0.2) is 48.1 Å². The molecule has 3 aromatic rings. The number of fused-ring (bicyclic) bond motifs is 1. The molecule has 0 aliphatic carbocycles. The van der Waals surface area contributed by atoms with Gasteiger partial charge in [-0.15, -0.1) is 0 Å². The molecule has 0 saturated carbocycles. The standard InChI is InChI=1S/C22H22N4O6/c1-14(21(27)25-18-7-3-6-17-16(18)5-4-10-23-17)32-22(28)15-8-9-19(24-11-12-31-2)20(13-15)26(29)30/h3-10,13-14,24H,11-12H2,1-2H3,(H,25,27). The predicted molar refractivity (Wildman–Crippen MR) is 119 cm³/mol. The molecule has 0 aliphatic heterocycles. The Bertz CT molecular complexity index is 1140. The Labute approximate surface area is 183 Å². The smallest absolute Gasteiger partial charge is 0.339 e. The van der Waals surface area contributed by atoms with Crippen LogP contribution in [0.15, 0.2) is 54.7 Å². The van der Waals surface area contributed by atoms with E-state index in [1.165, 1.54) is 26.2 Å². The molecule has 0 aliphatic rings. The molecule has 166 valence electrons. The Morgan fingerprint density at radius 1 is 1.16 bits per heavy atom. The summed E-state index contributed by atoms with van der Waals surface area (Å²) in [5, 5.41) is 17.7. The quantitative estimate of drug-likeness (QED) is 0.225. The molecule has 0 spiro atoms. The molecule has 1 atom stereocenters. The second-order valence-electron chi connectivity index (χ2n) is 6.82. The van der Waals surface area contributed by atoms with Gasteiger partial charge in [0.05, 0.1) is 28.3 Å². The van der Waals surface area contributed by atoms with Crippen molar-refractivity contribution in [2.75, 3.05) is 30.9 Å². The minimum absolute atomic E-state index is 0.0389. The lowest BCUT2D eigenvalue weighted by atomic mass is 10.1. The normalized spacial score (nSPS) is 11.6. The monoisotopic (exact) mass is 438 g/mol. The van der Waals surface area contributed by atoms with E-state index in [2.05, 4.69) is 15.6 Å². The second kappa shape index (κ2) is 10.3. The summed E-state index contributed by atoms with van der Waals surface area (Å²) < 4.78 is 10.1. The van der Waals surface area contributed by atoms with Crippen molar-refractivity contribution >= 4 is 39.8 Å². The van der Waals surface area contributed by atoms with E-state index in [4.69, 9.17) is 9.47 Å². The van der Waals surface area contributed by atoms with Gasteiger partial charge in [0.25, 0.3) is 11.6 Å². The Hall–Kier alpha value is -4.05. The Morgan fingerprint density at radius 2 is 1.97 bits per heavy atom. The Balaban J connectivity index is 1.69. The lowest BCUT2D eigenvalue weighted by Crippen LogP contribution is -2.30. The van der Waals surface area contributed by atoms with E-state index in [0.717, 1.165) is 11.5 Å². The van der Waals surface area contributed by atoms with Crippen LogP contribution in [0.1, 0.15) is 17.3 Å². The minimum atomic E-state index is -1.13. The molecule has 0 radical (unpaired) electrons. The molecular formula is C22H22N4O6. The maximum atomic E-state index is 12.6. The van der Waals surface area contributed by atoms with Gasteiger partial charge in [0.15, 0.2) is 6.10 Å². The van der Waals surface area contributed by atoms with Crippen LogP contribution in [0.5, 0.6) is 0 Å². The van der Waals surface area contributed by atoms with Crippen LogP contribution < -0.4 is 10.6 Å². The molecule has 3 rings (SSSR count). The summed E-state index contributed by atoms with van der Waals surface area (Å²) in [5.41, 5.74) is 1.17. The van der Waals surface area contributed by atoms with E-state index in [0.29, 0.717) is 24.4 Å². The van der Waals surface area contributed by atoms with Crippen molar-refractivity contribution < 1.29 is 24.0 Å². The highest BCUT2D eigenvalue weighted by Crippen LogP contribution is 2.26. The van der Waals surface area contributed by atoms with Crippen LogP contribution in [-0.2, 0) is 14.3 Å². The van der Waals surface area contributed by atoms with E-state index >= 15 is 0 Å². The molecule has 1 unspecified atom stereocenters. The molecule has 1 aromatic heterocycles. The number of rotatable bonds is 9. The molecule has 32 heavy (non-hydrogen) atoms. The number of esters is 1. The number of carbonyl (C=O) groups is 2. The van der Waals surface area contributed by atoms with Gasteiger partial charge in [-0.1, -0.05) is 6.07 Å². The van der Waals surface area contributed by atoms with Crippen molar-refractivity contribution in [3.8, 4) is 0 Å². The number of nitrogens with one attached hydrogen (secondary N) is 2. The average molecular weight is 438 g/mol. The molecule has 0 bridgehead atoms. The topological polar surface area (TPSA) is 133 Å². The minimum Gasteiger partial charge on any atom is -0.449 e. The van der Waals surface area contributed by atoms with Gasteiger partial charge in [-0.2, -0.15) is 0 Å². The maximum absolute atomic E-state index is 12.6. The maximum Gasteiger partial charge on any atom is 0.339 e. The van der Waals surface area contributed by atoms with Crippen LogP contribution in [0.4, 0.5) is 17.1 Å². The third-order valence-corrected chi connectivity index (χ3v) is 4.61. The van der Waals surface area contributed by atoms with Crippen molar-refractivity contribution in [2.45, 2.75) is 13.0 Å². The number of ether oxygens (including phenoxy) is 2. The summed E-state index contributed by atoms with van der Waals surface area (Å²) in [6, 6.07) is 12.8. The molecule has 2 N–H and O–H groups in total. The van der Waals surface area contributed by atoms with Crippen molar-refractivity contribution in [3.05, 3.63) is 70.4 Å². The van der Waals surface area contributed by atoms with Gasteiger partial charge in [0.2, 0.25) is 0 Å². The summed E-state index contributed by atoms with van der Waals surface area (Å²) in [4.78, 5) is 40.1. The van der Waals surface area contributed by atoms with Gasteiger partial charge in [0, 0.05) is 31.3 Å². The number of hydrogen-bond donors (Lipinski definition) is 2. The van der Waals surface area contributed by atoms with E-state index in [1.807, 2.05) is 12.1 Å². The number of carbonyl (C=O) groups excluding carboxylic acids is 2. The summed E-state index contributed by atoms with van der Waals surface area (Å²) >= 11 is 0. The first kappa shape index (κ1) is 22.6. The van der Waals surface area contributed by atoms with E-state index in [9.17, 15) is 19.7 Å². The highest BCUT2D eigenvalue weighted by molar-refractivity contribution is 6.03. The largest absolute Gasteiger partial charge is 0.449 e. The zero-order chi connectivity index (χ0) is 23.1. The number of nitrogens with zero attached hydrogens (tertiary/aromatic N) is 2. The fourth-order valence-electron chi connectivity index (χ4n) is 2.98. The lowest BCUT2D eigenvalue weighted by Gasteiger charge is -2.15. The molecule has 10 heteroatoms. The number of benzene rings is 2. The van der Waals surface area contributed by atoms with Gasteiger partial charge in [-0.05, 0) is 43.3 Å². The number of methoxy groups -OCH3 is 1. The van der Waals surface area contributed by atoms with E-state index in [1.54, 1.807) is 24.4 Å². The van der Waals surface area contributed by atoms with E-state index < -0.39 is 22.9 Å². The van der Waals surface area contributed by atoms with Crippen LogP contribution >= 0.6 is 0 Å². The Kier molecular flexibility index (Phi) is 7.29. The number of hydrogen-bond acceptors (Lipinski definition) is 8. The number of nitro groups is 1. The molecule has 1 amide bonds. The predicted octanol–water partition coefficient (Wildman–Crippen LogP) is 3.39. The van der Waals surface area contributed by atoms with Crippen molar-refractivity contribution in [1.29, 1.82) is 0 Å². The molecule has 1 heterocycles. The molecular weight excluding hydrogens is 416 g/mol. The van der Waals surface area contributed by atoms with Crippen molar-refractivity contribution in [2.24, 2.45) is 0 Å². The van der Waals surface area contributed by atoms with Crippen molar-refractivity contribution in [1.82, 2.24) is 4.98 Å². The summed E-state index contributed by atoms with van der Waals surface area (Å²) in [6.07, 6.45) is 0.517. The second-order valence-corrected chi connectivity index (χ2v) is 6.82. The number of aromatic nitrogens is 1. The third kappa shape index (κ3) is 5.35. The molecule has 2 aromatic carbocycles. The molecule has 10 nitrogen and oxygen atoms in total. The number of amides is 1. The van der Waals surface area contributed by atoms with Crippen LogP contribution in [0.3, 0.4) is 0 Å². The first-order valence-corrected chi connectivity index (χ1v) is 9.77. The van der Waals surface area contributed by atoms with Crippen LogP contribution in [0.25, 0.3) is 10.9 Å². The van der Waals surface area contributed by atoms with E-state index in [-0.39, 0.29) is 16.9 Å². The summed E-state index contributed by atoms with van der Waals surface area (Å²) in [7, 11) is 1.52. The Morgan fingerprint density at radius 3 is 2.72 bits per heavy atom. The van der Waals surface area contributed by atoms with Gasteiger partial charge >= 0.3 is 5.97 Å². The first-order chi connectivity index (χ1) is 15.4. The highest BCUT2D eigenvalue weighted by Gasteiger charge is 2.23. The molecule has 0 saturated heterocycles. The van der Waals surface area contributed by atoms with Crippen molar-refractivity contribution in [3.63, 3.8) is 0 Å². The number of pyridine rings is 1. The molecule has 0 fully saturated rings. The lowest BCUT2D eigenvalue weighted by molar-refractivity contribution is -0.384. The van der Waals surface area contributed by atoms with Gasteiger partial charge in [-0.3, -0.25) is 19.9 Å². The SMILES string of the molecule is COCCNc1ccc(C(=O)OC(C)C(=O)Nc2cccc3ncccc23)cc1[N+](=O)[O-]. The third-order valence-electron chi connectivity index (χ3n) is 4.61. The fraction of sp³-hybridized carbons (Fsp3) is 0.227. The van der Waals surface area contributed by atoms with Gasteiger partial charge < -0.3 is 20.1 Å². The summed E-state index contributed by atoms with van der Waals surface area (Å²) in [5.74, 6) is -1.39. The zero-order valence-electron chi connectivity index (χ0n) is 17.5. The van der Waals surface area contributed by atoms with Crippen LogP contribution in [0, 0.1) is 10.1 Å². The number of anilines is 2. The summed E-state index contributed by atoms with van der Waals surface area (Å²) in [6.45, 7) is 2.15. The first-order valence-electron chi connectivity index (χ1n) is 9.77. The van der Waals surface area contributed by atoms with Crippen LogP contribution in [0.2, 0.25) is 0 Å². The zero-order valence-corrected chi connectivity index (χ0v) is 17.5. The van der Waals surface area contributed by atoms with Gasteiger partial charge in [0.1, 0.15) is 5.69 Å².